The second-order valence-corrected chi connectivity index (χ2v) is 8.19. The van der Waals surface area contributed by atoms with Crippen LogP contribution in [0.1, 0.15) is 27.7 Å². The van der Waals surface area contributed by atoms with Gasteiger partial charge in [-0.25, -0.2) is 0 Å². The Morgan fingerprint density at radius 2 is 1.71 bits per heavy atom. The Morgan fingerprint density at radius 3 is 2.07 bits per heavy atom. The largest absolute Gasteiger partial charge is 0.144 e. The Bertz CT molecular complexity index is 229. The minimum atomic E-state index is 0.121. The fourth-order valence-electron chi connectivity index (χ4n) is 1.59. The average Bonchev–Trinajstić information content (AvgIpc) is 2.52. The van der Waals surface area contributed by atoms with Crippen molar-refractivity contribution in [2.75, 3.05) is 12.3 Å². The Labute approximate surface area is 93.5 Å². The fourth-order valence-corrected chi connectivity index (χ4v) is 5.83. The Kier molecular flexibility index (Phi) is 5.12. The number of rotatable bonds is 5. The molecule has 0 aliphatic rings. The third-order valence-corrected chi connectivity index (χ3v) is 6.87. The maximum atomic E-state index is 2.34. The summed E-state index contributed by atoms with van der Waals surface area (Å²) in [5.41, 5.74) is 0. The molecule has 0 nitrogen and oxygen atoms in total. The van der Waals surface area contributed by atoms with Crippen molar-refractivity contribution in [3.63, 3.8) is 0 Å². The summed E-state index contributed by atoms with van der Waals surface area (Å²) in [5, 5.41) is 2.21. The van der Waals surface area contributed by atoms with Crippen LogP contribution in [0.2, 0.25) is 0 Å². The Hall–Kier alpha value is 0.130. The lowest BCUT2D eigenvalue weighted by molar-refractivity contribution is 0.721. The molecule has 0 saturated carbocycles. The standard InChI is InChI=1S/C12H21PS/c1-10(2)8-13(9-11(3)4)12-6-5-7-14-12/h5-7,10-11H,8-9H2,1-4H3. The van der Waals surface area contributed by atoms with Crippen LogP contribution in [0.15, 0.2) is 17.5 Å². The SMILES string of the molecule is CC(C)CP(CC(C)C)c1cccs1. The first-order chi connectivity index (χ1) is 6.59. The van der Waals surface area contributed by atoms with Gasteiger partial charge in [0, 0.05) is 4.62 Å². The third-order valence-electron chi connectivity index (χ3n) is 1.99. The molecule has 0 bridgehead atoms. The van der Waals surface area contributed by atoms with Gasteiger partial charge in [0.2, 0.25) is 0 Å². The van der Waals surface area contributed by atoms with Gasteiger partial charge in [-0.15, -0.1) is 11.3 Å². The highest BCUT2D eigenvalue weighted by Crippen LogP contribution is 2.40. The highest BCUT2D eigenvalue weighted by atomic mass is 32.1. The molecule has 0 amide bonds. The quantitative estimate of drug-likeness (QED) is 0.664. The summed E-state index contributed by atoms with van der Waals surface area (Å²) < 4.78 is 1.64. The maximum Gasteiger partial charge on any atom is 0.0278 e. The van der Waals surface area contributed by atoms with Crippen LogP contribution in [0.25, 0.3) is 0 Å². The molecule has 1 rings (SSSR count). The molecule has 0 N–H and O–H groups in total. The normalized spacial score (nSPS) is 11.9. The molecule has 0 aromatic carbocycles. The summed E-state index contributed by atoms with van der Waals surface area (Å²) >= 11 is 1.94. The molecule has 14 heavy (non-hydrogen) atoms. The van der Waals surface area contributed by atoms with Crippen LogP contribution in [0.5, 0.6) is 0 Å². The summed E-state index contributed by atoms with van der Waals surface area (Å²) in [6.07, 6.45) is 2.79. The lowest BCUT2D eigenvalue weighted by Gasteiger charge is -2.20. The molecule has 1 heterocycles. The summed E-state index contributed by atoms with van der Waals surface area (Å²) in [5.74, 6) is 1.67. The van der Waals surface area contributed by atoms with E-state index in [1.165, 1.54) is 12.3 Å². The molecule has 1 aromatic rings. The van der Waals surface area contributed by atoms with Crippen LogP contribution in [-0.4, -0.2) is 12.3 Å². The van der Waals surface area contributed by atoms with E-state index in [2.05, 4.69) is 45.2 Å². The van der Waals surface area contributed by atoms with E-state index in [4.69, 9.17) is 0 Å². The van der Waals surface area contributed by atoms with E-state index in [0.29, 0.717) is 0 Å². The van der Waals surface area contributed by atoms with Crippen molar-refractivity contribution < 1.29 is 0 Å². The van der Waals surface area contributed by atoms with Crippen LogP contribution >= 0.6 is 19.3 Å². The summed E-state index contributed by atoms with van der Waals surface area (Å²) in [6.45, 7) is 9.35. The van der Waals surface area contributed by atoms with Crippen LogP contribution < -0.4 is 4.62 Å². The third kappa shape index (κ3) is 4.11. The van der Waals surface area contributed by atoms with Crippen molar-refractivity contribution in [2.45, 2.75) is 27.7 Å². The van der Waals surface area contributed by atoms with Crippen molar-refractivity contribution in [2.24, 2.45) is 11.8 Å². The van der Waals surface area contributed by atoms with Crippen molar-refractivity contribution in [3.8, 4) is 0 Å². The van der Waals surface area contributed by atoms with Gasteiger partial charge < -0.3 is 0 Å². The monoisotopic (exact) mass is 228 g/mol. The number of hydrogen-bond donors (Lipinski definition) is 0. The van der Waals surface area contributed by atoms with E-state index in [1.54, 1.807) is 4.62 Å². The van der Waals surface area contributed by atoms with E-state index in [-0.39, 0.29) is 7.92 Å². The lowest BCUT2D eigenvalue weighted by atomic mass is 10.3. The molecule has 0 unspecified atom stereocenters. The van der Waals surface area contributed by atoms with E-state index >= 15 is 0 Å². The molecule has 1 aromatic heterocycles. The predicted octanol–water partition coefficient (Wildman–Crippen LogP) is 4.17. The van der Waals surface area contributed by atoms with Crippen LogP contribution in [0.3, 0.4) is 0 Å². The van der Waals surface area contributed by atoms with Gasteiger partial charge in [-0.3, -0.25) is 0 Å². The zero-order chi connectivity index (χ0) is 10.6. The zero-order valence-electron chi connectivity index (χ0n) is 9.66. The summed E-state index contributed by atoms with van der Waals surface area (Å²) in [6, 6.07) is 4.51. The predicted molar refractivity (Wildman–Crippen MR) is 70.3 cm³/mol. The second kappa shape index (κ2) is 5.88. The van der Waals surface area contributed by atoms with E-state index in [9.17, 15) is 0 Å². The molecule has 80 valence electrons. The van der Waals surface area contributed by atoms with Crippen molar-refractivity contribution in [3.05, 3.63) is 17.5 Å². The Morgan fingerprint density at radius 1 is 1.14 bits per heavy atom. The molecular formula is C12H21PS. The second-order valence-electron chi connectivity index (χ2n) is 4.64. The molecule has 0 radical (unpaired) electrons. The minimum Gasteiger partial charge on any atom is -0.144 e. The molecule has 0 atom stereocenters. The van der Waals surface area contributed by atoms with E-state index < -0.39 is 0 Å². The molecule has 0 spiro atoms. The number of thiophene rings is 1. The summed E-state index contributed by atoms with van der Waals surface area (Å²) in [4.78, 5) is 0. The van der Waals surface area contributed by atoms with Crippen LogP contribution in [0.4, 0.5) is 0 Å². The molecule has 0 aliphatic heterocycles. The van der Waals surface area contributed by atoms with Gasteiger partial charge in [0.1, 0.15) is 0 Å². The Balaban J connectivity index is 2.62. The van der Waals surface area contributed by atoms with Gasteiger partial charge in [0.25, 0.3) is 0 Å². The lowest BCUT2D eigenvalue weighted by Crippen LogP contribution is -2.09. The van der Waals surface area contributed by atoms with Gasteiger partial charge in [0.05, 0.1) is 0 Å². The highest BCUT2D eigenvalue weighted by Gasteiger charge is 2.14. The van der Waals surface area contributed by atoms with Gasteiger partial charge in [-0.2, -0.15) is 0 Å². The zero-order valence-corrected chi connectivity index (χ0v) is 11.4. The minimum absolute atomic E-state index is 0.121. The van der Waals surface area contributed by atoms with Crippen molar-refractivity contribution in [1.29, 1.82) is 0 Å². The first kappa shape index (κ1) is 12.2. The first-order valence-electron chi connectivity index (χ1n) is 5.38. The van der Waals surface area contributed by atoms with Gasteiger partial charge in [-0.05, 0) is 35.6 Å². The first-order valence-corrected chi connectivity index (χ1v) is 7.97. The van der Waals surface area contributed by atoms with Crippen LogP contribution in [-0.2, 0) is 0 Å². The molecule has 0 fully saturated rings. The van der Waals surface area contributed by atoms with Gasteiger partial charge in [-0.1, -0.05) is 41.7 Å². The van der Waals surface area contributed by atoms with E-state index in [1.807, 2.05) is 11.3 Å². The smallest absolute Gasteiger partial charge is 0.0278 e. The highest BCUT2D eigenvalue weighted by molar-refractivity contribution is 7.71. The van der Waals surface area contributed by atoms with Gasteiger partial charge >= 0.3 is 0 Å². The topological polar surface area (TPSA) is 0 Å². The molecule has 2 heteroatoms. The maximum absolute atomic E-state index is 2.34. The summed E-state index contributed by atoms with van der Waals surface area (Å²) in [7, 11) is 0.121. The number of hydrogen-bond acceptors (Lipinski definition) is 1. The molecular weight excluding hydrogens is 207 g/mol. The van der Waals surface area contributed by atoms with Gasteiger partial charge in [0.15, 0.2) is 0 Å². The van der Waals surface area contributed by atoms with E-state index in [0.717, 1.165) is 11.8 Å². The molecule has 0 aliphatic carbocycles. The average molecular weight is 228 g/mol. The van der Waals surface area contributed by atoms with Crippen molar-refractivity contribution >= 4 is 23.9 Å². The molecule has 0 saturated heterocycles. The fraction of sp³-hybridized carbons (Fsp3) is 0.667. The van der Waals surface area contributed by atoms with Crippen LogP contribution in [0, 0.1) is 11.8 Å². The van der Waals surface area contributed by atoms with Crippen molar-refractivity contribution in [1.82, 2.24) is 0 Å².